The molecule has 0 N–H and O–H groups in total. The van der Waals surface area contributed by atoms with Crippen molar-refractivity contribution >= 4 is 42.8 Å². The highest BCUT2D eigenvalue weighted by Gasteiger charge is 2.08. The number of fused-ring (bicyclic) bond motifs is 1. The van der Waals surface area contributed by atoms with Crippen molar-refractivity contribution in [2.45, 2.75) is 11.5 Å². The summed E-state index contributed by atoms with van der Waals surface area (Å²) < 4.78 is 0. The Bertz CT molecular complexity index is 197. The second kappa shape index (κ2) is 3.43. The van der Waals surface area contributed by atoms with E-state index in [0.717, 1.165) is 0 Å². The van der Waals surface area contributed by atoms with E-state index in [1.165, 1.54) is 11.5 Å². The third kappa shape index (κ3) is 1.49. The molecule has 0 unspecified atom stereocenters. The largest absolute Gasteiger partial charge is 0.152 e. The lowest BCUT2D eigenvalue weighted by molar-refractivity contribution is 1.34. The van der Waals surface area contributed by atoms with Crippen molar-refractivity contribution in [2.75, 3.05) is 0 Å². The van der Waals surface area contributed by atoms with Crippen molar-refractivity contribution < 1.29 is 0 Å². The topological polar surface area (TPSA) is 0 Å². The summed E-state index contributed by atoms with van der Waals surface area (Å²) in [5, 5.41) is 4.55. The van der Waals surface area contributed by atoms with Crippen LogP contribution in [0.2, 0.25) is 0 Å². The minimum absolute atomic E-state index is 1.19. The highest BCUT2D eigenvalue weighted by atomic mass is 33.5. The standard InChI is InChI=1S/C6H6S4/c1-5-3-8-10-9-4-6(5)2-7-1/h1-2H,3-4H2. The van der Waals surface area contributed by atoms with E-state index in [0.29, 0.717) is 0 Å². The molecule has 0 fully saturated rings. The lowest BCUT2D eigenvalue weighted by atomic mass is 10.2. The Kier molecular flexibility index (Phi) is 2.54. The number of rotatable bonds is 0. The van der Waals surface area contributed by atoms with Gasteiger partial charge < -0.3 is 0 Å². The van der Waals surface area contributed by atoms with Gasteiger partial charge in [0.1, 0.15) is 0 Å². The first-order chi connectivity index (χ1) is 4.97. The molecule has 0 amide bonds. The molecule has 54 valence electrons. The smallest absolute Gasteiger partial charge is 0.0308 e. The molecule has 0 saturated carbocycles. The lowest BCUT2D eigenvalue weighted by Gasteiger charge is -1.91. The number of hydrogen-bond acceptors (Lipinski definition) is 4. The van der Waals surface area contributed by atoms with Crippen molar-refractivity contribution in [2.24, 2.45) is 0 Å². The molecule has 0 saturated heterocycles. The van der Waals surface area contributed by atoms with Gasteiger partial charge in [0.05, 0.1) is 0 Å². The molecule has 0 nitrogen and oxygen atoms in total. The van der Waals surface area contributed by atoms with Crippen molar-refractivity contribution in [1.29, 1.82) is 0 Å². The van der Waals surface area contributed by atoms with Crippen LogP contribution in [0.25, 0.3) is 0 Å². The van der Waals surface area contributed by atoms with Gasteiger partial charge in [-0.25, -0.2) is 0 Å². The Hall–Kier alpha value is 0.750. The Labute approximate surface area is 76.0 Å². The minimum Gasteiger partial charge on any atom is -0.152 e. The third-order valence-corrected chi connectivity index (χ3v) is 6.27. The summed E-state index contributed by atoms with van der Waals surface area (Å²) >= 11 is 1.83. The maximum absolute atomic E-state index is 2.27. The minimum atomic E-state index is 1.19. The van der Waals surface area contributed by atoms with Crippen LogP contribution >= 0.6 is 42.8 Å². The molecule has 0 radical (unpaired) electrons. The van der Waals surface area contributed by atoms with Gasteiger partial charge >= 0.3 is 0 Å². The van der Waals surface area contributed by atoms with Gasteiger partial charge in [-0.1, -0.05) is 21.6 Å². The molecule has 0 aromatic carbocycles. The summed E-state index contributed by atoms with van der Waals surface area (Å²) in [6.07, 6.45) is 0. The van der Waals surface area contributed by atoms with E-state index < -0.39 is 0 Å². The molecule has 0 bridgehead atoms. The van der Waals surface area contributed by atoms with E-state index >= 15 is 0 Å². The Balaban J connectivity index is 2.28. The predicted octanol–water partition coefficient (Wildman–Crippen LogP) is 3.79. The van der Waals surface area contributed by atoms with Gasteiger partial charge in [-0.2, -0.15) is 11.3 Å². The van der Waals surface area contributed by atoms with Crippen LogP contribution in [-0.4, -0.2) is 0 Å². The quantitative estimate of drug-likeness (QED) is 0.593. The normalized spacial score (nSPS) is 18.0. The first-order valence-corrected chi connectivity index (χ1v) is 7.68. The summed E-state index contributed by atoms with van der Waals surface area (Å²) in [5.41, 5.74) is 3.10. The van der Waals surface area contributed by atoms with Crippen LogP contribution in [0.4, 0.5) is 0 Å². The van der Waals surface area contributed by atoms with E-state index in [4.69, 9.17) is 0 Å². The molecule has 1 aliphatic heterocycles. The molecule has 1 aliphatic rings. The van der Waals surface area contributed by atoms with E-state index in [9.17, 15) is 0 Å². The lowest BCUT2D eigenvalue weighted by Crippen LogP contribution is -1.78. The van der Waals surface area contributed by atoms with Crippen LogP contribution in [0.3, 0.4) is 0 Å². The van der Waals surface area contributed by atoms with E-state index in [1.54, 1.807) is 11.1 Å². The zero-order valence-electron chi connectivity index (χ0n) is 5.20. The first-order valence-electron chi connectivity index (χ1n) is 2.92. The van der Waals surface area contributed by atoms with Gasteiger partial charge in [0.15, 0.2) is 0 Å². The molecule has 1 aromatic heterocycles. The van der Waals surface area contributed by atoms with E-state index in [-0.39, 0.29) is 0 Å². The summed E-state index contributed by atoms with van der Waals surface area (Å²) in [6.45, 7) is 0. The number of thiophene rings is 1. The Morgan fingerprint density at radius 2 is 1.60 bits per heavy atom. The fourth-order valence-corrected chi connectivity index (χ4v) is 5.58. The van der Waals surface area contributed by atoms with Crippen LogP contribution in [0.15, 0.2) is 10.8 Å². The maximum Gasteiger partial charge on any atom is 0.0308 e. The molecular weight excluding hydrogens is 200 g/mol. The van der Waals surface area contributed by atoms with Crippen molar-refractivity contribution in [1.82, 2.24) is 0 Å². The molecular formula is C6H6S4. The van der Waals surface area contributed by atoms with Crippen LogP contribution < -0.4 is 0 Å². The second-order valence-electron chi connectivity index (χ2n) is 2.01. The van der Waals surface area contributed by atoms with E-state index in [1.807, 2.05) is 42.8 Å². The predicted molar refractivity (Wildman–Crippen MR) is 54.5 cm³/mol. The van der Waals surface area contributed by atoms with Crippen LogP contribution in [0.1, 0.15) is 11.1 Å². The zero-order valence-corrected chi connectivity index (χ0v) is 8.47. The molecule has 4 heteroatoms. The highest BCUT2D eigenvalue weighted by Crippen LogP contribution is 2.43. The SMILES string of the molecule is c1scc2c1CSSSC2. The fourth-order valence-electron chi connectivity index (χ4n) is 0.812. The maximum atomic E-state index is 2.27. The van der Waals surface area contributed by atoms with Crippen LogP contribution in [0, 0.1) is 0 Å². The first kappa shape index (κ1) is 7.40. The van der Waals surface area contributed by atoms with Crippen molar-refractivity contribution in [3.8, 4) is 0 Å². The molecule has 0 spiro atoms. The van der Waals surface area contributed by atoms with Gasteiger partial charge in [-0.15, -0.1) is 0 Å². The van der Waals surface area contributed by atoms with Crippen LogP contribution in [-0.2, 0) is 11.5 Å². The molecule has 2 rings (SSSR count). The third-order valence-electron chi connectivity index (χ3n) is 1.36. The van der Waals surface area contributed by atoms with E-state index in [2.05, 4.69) is 10.8 Å². The molecule has 2 heterocycles. The fraction of sp³-hybridized carbons (Fsp3) is 0.333. The van der Waals surface area contributed by atoms with Gasteiger partial charge in [-0.05, 0) is 31.7 Å². The summed E-state index contributed by atoms with van der Waals surface area (Å²) in [5.74, 6) is 2.38. The van der Waals surface area contributed by atoms with Gasteiger partial charge in [0, 0.05) is 11.5 Å². The highest BCUT2D eigenvalue weighted by molar-refractivity contribution is 9.09. The van der Waals surface area contributed by atoms with Crippen LogP contribution in [0.5, 0.6) is 0 Å². The van der Waals surface area contributed by atoms with Gasteiger partial charge in [-0.3, -0.25) is 0 Å². The zero-order chi connectivity index (χ0) is 6.81. The molecule has 0 atom stereocenters. The Morgan fingerprint density at radius 3 is 2.20 bits per heavy atom. The molecule has 1 aromatic rings. The van der Waals surface area contributed by atoms with Gasteiger partial charge in [0.25, 0.3) is 0 Å². The monoisotopic (exact) mass is 206 g/mol. The average molecular weight is 206 g/mol. The Morgan fingerprint density at radius 1 is 1.00 bits per heavy atom. The van der Waals surface area contributed by atoms with Crippen molar-refractivity contribution in [3.05, 3.63) is 21.9 Å². The van der Waals surface area contributed by atoms with Crippen molar-refractivity contribution in [3.63, 3.8) is 0 Å². The summed E-state index contributed by atoms with van der Waals surface area (Å²) in [6, 6.07) is 0. The van der Waals surface area contributed by atoms with Gasteiger partial charge in [0.2, 0.25) is 0 Å². The summed E-state index contributed by atoms with van der Waals surface area (Å²) in [7, 11) is 5.81. The average Bonchev–Trinajstić information content (AvgIpc) is 2.28. The number of hydrogen-bond donors (Lipinski definition) is 0. The molecule has 10 heavy (non-hydrogen) atoms. The second-order valence-corrected chi connectivity index (χ2v) is 6.99. The summed E-state index contributed by atoms with van der Waals surface area (Å²) in [4.78, 5) is 0. The molecule has 0 aliphatic carbocycles.